The molecule has 0 spiro atoms. The van der Waals surface area contributed by atoms with E-state index in [1.807, 2.05) is 24.3 Å². The standard InChI is InChI=1S/C10H14FNO/c11-6-10(12)5-8-1-3-9(7-13)4-2-8/h1-4,10,13H,5-7,12H2. The fourth-order valence-electron chi connectivity index (χ4n) is 1.14. The van der Waals surface area contributed by atoms with Crippen LogP contribution in [0.25, 0.3) is 0 Å². The number of alkyl halides is 1. The van der Waals surface area contributed by atoms with Crippen LogP contribution in [-0.4, -0.2) is 17.8 Å². The first-order valence-electron chi connectivity index (χ1n) is 4.26. The predicted octanol–water partition coefficient (Wildman–Crippen LogP) is 1.02. The van der Waals surface area contributed by atoms with Crippen LogP contribution < -0.4 is 5.73 Å². The van der Waals surface area contributed by atoms with Crippen molar-refractivity contribution in [2.75, 3.05) is 6.67 Å². The Kier molecular flexibility index (Phi) is 3.86. The molecule has 1 aromatic carbocycles. The molecule has 1 unspecified atom stereocenters. The lowest BCUT2D eigenvalue weighted by molar-refractivity contribution is 0.282. The van der Waals surface area contributed by atoms with Gasteiger partial charge in [0, 0.05) is 6.04 Å². The molecular weight excluding hydrogens is 169 g/mol. The van der Waals surface area contributed by atoms with Crippen molar-refractivity contribution in [1.29, 1.82) is 0 Å². The zero-order valence-corrected chi connectivity index (χ0v) is 7.41. The van der Waals surface area contributed by atoms with Crippen LogP contribution in [0.2, 0.25) is 0 Å². The molecule has 0 saturated heterocycles. The van der Waals surface area contributed by atoms with Crippen LogP contribution in [0.5, 0.6) is 0 Å². The predicted molar refractivity (Wildman–Crippen MR) is 50.0 cm³/mol. The van der Waals surface area contributed by atoms with E-state index in [1.165, 1.54) is 0 Å². The second-order valence-electron chi connectivity index (χ2n) is 3.09. The van der Waals surface area contributed by atoms with Crippen LogP contribution in [0.3, 0.4) is 0 Å². The second-order valence-corrected chi connectivity index (χ2v) is 3.09. The molecule has 0 bridgehead atoms. The molecule has 0 saturated carbocycles. The number of rotatable bonds is 4. The van der Waals surface area contributed by atoms with E-state index in [0.29, 0.717) is 6.42 Å². The van der Waals surface area contributed by atoms with Crippen LogP contribution in [-0.2, 0) is 13.0 Å². The van der Waals surface area contributed by atoms with Gasteiger partial charge in [-0.15, -0.1) is 0 Å². The molecule has 72 valence electrons. The molecule has 1 rings (SSSR count). The highest BCUT2D eigenvalue weighted by molar-refractivity contribution is 5.22. The Labute approximate surface area is 77.2 Å². The molecule has 3 N–H and O–H groups in total. The van der Waals surface area contributed by atoms with Crippen molar-refractivity contribution in [2.45, 2.75) is 19.1 Å². The van der Waals surface area contributed by atoms with Crippen LogP contribution in [0.4, 0.5) is 4.39 Å². The number of halogens is 1. The third kappa shape index (κ3) is 3.13. The van der Waals surface area contributed by atoms with E-state index in [0.717, 1.165) is 11.1 Å². The lowest BCUT2D eigenvalue weighted by Crippen LogP contribution is -2.24. The molecule has 0 aliphatic rings. The van der Waals surface area contributed by atoms with Gasteiger partial charge >= 0.3 is 0 Å². The first kappa shape index (κ1) is 10.2. The summed E-state index contributed by atoms with van der Waals surface area (Å²) in [6, 6.07) is 6.95. The molecule has 2 nitrogen and oxygen atoms in total. The van der Waals surface area contributed by atoms with Gasteiger partial charge in [0.05, 0.1) is 6.61 Å². The van der Waals surface area contributed by atoms with E-state index in [1.54, 1.807) is 0 Å². The van der Waals surface area contributed by atoms with Gasteiger partial charge in [-0.05, 0) is 17.5 Å². The quantitative estimate of drug-likeness (QED) is 0.732. The average molecular weight is 183 g/mol. The number of hydrogen-bond acceptors (Lipinski definition) is 2. The Bertz CT molecular complexity index is 248. The summed E-state index contributed by atoms with van der Waals surface area (Å²) in [5.41, 5.74) is 7.31. The third-order valence-electron chi connectivity index (χ3n) is 1.90. The topological polar surface area (TPSA) is 46.2 Å². The molecule has 1 aromatic rings. The molecule has 0 heterocycles. The molecule has 0 amide bonds. The summed E-state index contributed by atoms with van der Waals surface area (Å²) < 4.78 is 12.1. The normalized spacial score (nSPS) is 12.8. The largest absolute Gasteiger partial charge is 0.392 e. The zero-order valence-electron chi connectivity index (χ0n) is 7.41. The second kappa shape index (κ2) is 4.94. The summed E-state index contributed by atoms with van der Waals surface area (Å²) in [7, 11) is 0. The maximum Gasteiger partial charge on any atom is 0.105 e. The summed E-state index contributed by atoms with van der Waals surface area (Å²) in [6.07, 6.45) is 0.544. The van der Waals surface area contributed by atoms with Gasteiger partial charge in [0.1, 0.15) is 6.67 Å². The average Bonchev–Trinajstić information content (AvgIpc) is 2.19. The van der Waals surface area contributed by atoms with E-state index < -0.39 is 12.7 Å². The third-order valence-corrected chi connectivity index (χ3v) is 1.90. The molecule has 0 aliphatic heterocycles. The van der Waals surface area contributed by atoms with Gasteiger partial charge in [-0.3, -0.25) is 0 Å². The van der Waals surface area contributed by atoms with E-state index in [-0.39, 0.29) is 6.61 Å². The smallest absolute Gasteiger partial charge is 0.105 e. The Morgan fingerprint density at radius 2 is 1.77 bits per heavy atom. The summed E-state index contributed by atoms with van der Waals surface area (Å²) >= 11 is 0. The van der Waals surface area contributed by atoms with Crippen molar-refractivity contribution < 1.29 is 9.50 Å². The molecule has 1 atom stereocenters. The maximum absolute atomic E-state index is 12.1. The first-order valence-corrected chi connectivity index (χ1v) is 4.26. The lowest BCUT2D eigenvalue weighted by Gasteiger charge is -2.06. The van der Waals surface area contributed by atoms with Crippen molar-refractivity contribution in [2.24, 2.45) is 5.73 Å². The lowest BCUT2D eigenvalue weighted by atomic mass is 10.1. The summed E-state index contributed by atoms with van der Waals surface area (Å²) in [5.74, 6) is 0. The van der Waals surface area contributed by atoms with Gasteiger partial charge in [-0.1, -0.05) is 24.3 Å². The van der Waals surface area contributed by atoms with Crippen molar-refractivity contribution >= 4 is 0 Å². The minimum Gasteiger partial charge on any atom is -0.392 e. The van der Waals surface area contributed by atoms with Crippen LogP contribution in [0.1, 0.15) is 11.1 Å². The summed E-state index contributed by atoms with van der Waals surface area (Å²) in [4.78, 5) is 0. The fraction of sp³-hybridized carbons (Fsp3) is 0.400. The highest BCUT2D eigenvalue weighted by Crippen LogP contribution is 2.06. The Morgan fingerprint density at radius 3 is 2.23 bits per heavy atom. The number of aliphatic hydroxyl groups is 1. The Morgan fingerprint density at radius 1 is 1.23 bits per heavy atom. The van der Waals surface area contributed by atoms with E-state index in [9.17, 15) is 4.39 Å². The van der Waals surface area contributed by atoms with Crippen LogP contribution >= 0.6 is 0 Å². The van der Waals surface area contributed by atoms with Crippen LogP contribution in [0, 0.1) is 0 Å². The maximum atomic E-state index is 12.1. The van der Waals surface area contributed by atoms with Gasteiger partial charge in [0.2, 0.25) is 0 Å². The van der Waals surface area contributed by atoms with Gasteiger partial charge in [0.25, 0.3) is 0 Å². The van der Waals surface area contributed by atoms with Gasteiger partial charge in [-0.2, -0.15) is 0 Å². The SMILES string of the molecule is NC(CF)Cc1ccc(CO)cc1. The van der Waals surface area contributed by atoms with Gasteiger partial charge < -0.3 is 10.8 Å². The molecule has 0 fully saturated rings. The van der Waals surface area contributed by atoms with Gasteiger partial charge in [-0.25, -0.2) is 4.39 Å². The number of hydrogen-bond donors (Lipinski definition) is 2. The highest BCUT2D eigenvalue weighted by atomic mass is 19.1. The van der Waals surface area contributed by atoms with E-state index >= 15 is 0 Å². The van der Waals surface area contributed by atoms with Crippen molar-refractivity contribution in [3.8, 4) is 0 Å². The fourth-order valence-corrected chi connectivity index (χ4v) is 1.14. The monoisotopic (exact) mass is 183 g/mol. The number of benzene rings is 1. The van der Waals surface area contributed by atoms with Crippen LogP contribution in [0.15, 0.2) is 24.3 Å². The Balaban J connectivity index is 2.58. The number of aliphatic hydroxyl groups excluding tert-OH is 1. The highest BCUT2D eigenvalue weighted by Gasteiger charge is 2.02. The summed E-state index contributed by atoms with van der Waals surface area (Å²) in [5, 5.41) is 8.77. The molecular formula is C10H14FNO. The first-order chi connectivity index (χ1) is 6.26. The zero-order chi connectivity index (χ0) is 9.68. The molecule has 0 aliphatic carbocycles. The molecule has 0 aromatic heterocycles. The van der Waals surface area contributed by atoms with E-state index in [4.69, 9.17) is 10.8 Å². The van der Waals surface area contributed by atoms with Crippen molar-refractivity contribution in [1.82, 2.24) is 0 Å². The minimum absolute atomic E-state index is 0.0371. The summed E-state index contributed by atoms with van der Waals surface area (Å²) in [6.45, 7) is -0.461. The molecule has 13 heavy (non-hydrogen) atoms. The Hall–Kier alpha value is -0.930. The van der Waals surface area contributed by atoms with Gasteiger partial charge in [0.15, 0.2) is 0 Å². The van der Waals surface area contributed by atoms with E-state index in [2.05, 4.69) is 0 Å². The molecule has 3 heteroatoms. The number of nitrogens with two attached hydrogens (primary N) is 1. The van der Waals surface area contributed by atoms with Crippen molar-refractivity contribution in [3.05, 3.63) is 35.4 Å². The van der Waals surface area contributed by atoms with Crippen molar-refractivity contribution in [3.63, 3.8) is 0 Å². The molecule has 0 radical (unpaired) electrons. The minimum atomic E-state index is -0.498.